The van der Waals surface area contributed by atoms with Gasteiger partial charge in [0, 0.05) is 19.0 Å². The molecule has 0 saturated heterocycles. The topological polar surface area (TPSA) is 32.3 Å². The van der Waals surface area contributed by atoms with Crippen LogP contribution in [0.3, 0.4) is 0 Å². The van der Waals surface area contributed by atoms with Crippen LogP contribution < -0.4 is 5.32 Å². The van der Waals surface area contributed by atoms with E-state index in [1.54, 1.807) is 0 Å². The van der Waals surface area contributed by atoms with Gasteiger partial charge < -0.3 is 10.4 Å². The van der Waals surface area contributed by atoms with Crippen LogP contribution in [0.4, 0.5) is 13.2 Å². The third-order valence-corrected chi connectivity index (χ3v) is 3.44. The average Bonchev–Trinajstić information content (AvgIpc) is 2.59. The number of alkyl halides is 3. The minimum absolute atomic E-state index is 0.0881. The number of hydrogen-bond donors (Lipinski definition) is 2. The van der Waals surface area contributed by atoms with E-state index in [4.69, 9.17) is 0 Å². The highest BCUT2D eigenvalue weighted by molar-refractivity contribution is 4.79. The molecule has 0 bridgehead atoms. The molecule has 0 amide bonds. The molecule has 2 N–H and O–H groups in total. The van der Waals surface area contributed by atoms with Crippen molar-refractivity contribution >= 4 is 0 Å². The van der Waals surface area contributed by atoms with Crippen molar-refractivity contribution < 1.29 is 18.3 Å². The van der Waals surface area contributed by atoms with Gasteiger partial charge in [0.1, 0.15) is 0 Å². The van der Waals surface area contributed by atoms with E-state index in [0.29, 0.717) is 13.0 Å². The van der Waals surface area contributed by atoms with E-state index in [-0.39, 0.29) is 24.5 Å². The zero-order valence-electron chi connectivity index (χ0n) is 10.3. The molecule has 1 aliphatic carbocycles. The molecule has 1 rings (SSSR count). The van der Waals surface area contributed by atoms with Crippen LogP contribution >= 0.6 is 0 Å². The van der Waals surface area contributed by atoms with Crippen LogP contribution in [-0.2, 0) is 0 Å². The standard InChI is InChI=1S/C12H22F3NO/c1-9(4-3-7-12(13,14)15)16-8-10-5-2-6-11(10)17/h9-11,16-17H,2-8H2,1H3. The van der Waals surface area contributed by atoms with E-state index in [1.165, 1.54) is 0 Å². The molecule has 3 unspecified atom stereocenters. The van der Waals surface area contributed by atoms with Crippen LogP contribution in [0.25, 0.3) is 0 Å². The molecule has 0 heterocycles. The number of hydrogen-bond acceptors (Lipinski definition) is 2. The molecule has 5 heteroatoms. The molecule has 17 heavy (non-hydrogen) atoms. The Hall–Kier alpha value is -0.290. The van der Waals surface area contributed by atoms with Crippen LogP contribution in [0, 0.1) is 5.92 Å². The summed E-state index contributed by atoms with van der Waals surface area (Å²) in [7, 11) is 0. The Bertz CT molecular complexity index is 220. The monoisotopic (exact) mass is 253 g/mol. The zero-order chi connectivity index (χ0) is 12.9. The predicted octanol–water partition coefficient (Wildman–Crippen LogP) is 2.86. The Morgan fingerprint density at radius 1 is 1.35 bits per heavy atom. The summed E-state index contributed by atoms with van der Waals surface area (Å²) in [6.45, 7) is 2.62. The second kappa shape index (κ2) is 6.59. The smallest absolute Gasteiger partial charge is 0.389 e. The summed E-state index contributed by atoms with van der Waals surface area (Å²) in [4.78, 5) is 0. The first-order valence-electron chi connectivity index (χ1n) is 6.36. The summed E-state index contributed by atoms with van der Waals surface area (Å²) in [5.41, 5.74) is 0. The van der Waals surface area contributed by atoms with E-state index in [9.17, 15) is 18.3 Å². The summed E-state index contributed by atoms with van der Waals surface area (Å²) in [6.07, 6.45) is -1.35. The first-order chi connectivity index (χ1) is 7.88. The first kappa shape index (κ1) is 14.8. The predicted molar refractivity (Wildman–Crippen MR) is 60.7 cm³/mol. The fourth-order valence-electron chi connectivity index (χ4n) is 2.32. The molecule has 0 aromatic carbocycles. The number of aliphatic hydroxyl groups excluding tert-OH is 1. The summed E-state index contributed by atoms with van der Waals surface area (Å²) < 4.78 is 35.8. The molecule has 2 nitrogen and oxygen atoms in total. The van der Waals surface area contributed by atoms with Gasteiger partial charge >= 0.3 is 6.18 Å². The molecule has 102 valence electrons. The summed E-state index contributed by atoms with van der Waals surface area (Å²) in [6, 6.07) is 0.0881. The fourth-order valence-corrected chi connectivity index (χ4v) is 2.32. The Kier molecular flexibility index (Phi) is 5.73. The minimum atomic E-state index is -4.04. The van der Waals surface area contributed by atoms with Crippen LogP contribution in [0.1, 0.15) is 45.4 Å². The van der Waals surface area contributed by atoms with Crippen LogP contribution in [0.5, 0.6) is 0 Å². The van der Waals surface area contributed by atoms with Crippen molar-refractivity contribution in [3.8, 4) is 0 Å². The Morgan fingerprint density at radius 3 is 2.59 bits per heavy atom. The largest absolute Gasteiger partial charge is 0.393 e. The van der Waals surface area contributed by atoms with E-state index < -0.39 is 12.6 Å². The third-order valence-electron chi connectivity index (χ3n) is 3.44. The van der Waals surface area contributed by atoms with Gasteiger partial charge in [0.15, 0.2) is 0 Å². The van der Waals surface area contributed by atoms with Gasteiger partial charge in [-0.25, -0.2) is 0 Å². The fraction of sp³-hybridized carbons (Fsp3) is 1.00. The Balaban J connectivity index is 2.07. The van der Waals surface area contributed by atoms with Gasteiger partial charge in [0.25, 0.3) is 0 Å². The van der Waals surface area contributed by atoms with Crippen molar-refractivity contribution in [1.29, 1.82) is 0 Å². The molecule has 0 radical (unpaired) electrons. The molecule has 0 aromatic heterocycles. The molecule has 0 aromatic rings. The molecule has 3 atom stereocenters. The quantitative estimate of drug-likeness (QED) is 0.763. The van der Waals surface area contributed by atoms with Gasteiger partial charge in [-0.05, 0) is 38.5 Å². The number of nitrogens with one attached hydrogen (secondary N) is 1. The third kappa shape index (κ3) is 6.27. The lowest BCUT2D eigenvalue weighted by atomic mass is 10.0. The minimum Gasteiger partial charge on any atom is -0.393 e. The normalized spacial score (nSPS) is 27.4. The maximum absolute atomic E-state index is 11.9. The van der Waals surface area contributed by atoms with Crippen LogP contribution in [0.2, 0.25) is 0 Å². The second-order valence-electron chi connectivity index (χ2n) is 5.08. The highest BCUT2D eigenvalue weighted by Crippen LogP contribution is 2.25. The van der Waals surface area contributed by atoms with Crippen LogP contribution in [-0.4, -0.2) is 30.0 Å². The highest BCUT2D eigenvalue weighted by atomic mass is 19.4. The SMILES string of the molecule is CC(CCCC(F)(F)F)NCC1CCCC1O. The van der Waals surface area contributed by atoms with Crippen molar-refractivity contribution in [2.75, 3.05) is 6.54 Å². The summed E-state index contributed by atoms with van der Waals surface area (Å²) in [5, 5.41) is 12.8. The molecule has 1 saturated carbocycles. The molecular weight excluding hydrogens is 231 g/mol. The van der Waals surface area contributed by atoms with Crippen molar-refractivity contribution in [2.24, 2.45) is 5.92 Å². The second-order valence-corrected chi connectivity index (χ2v) is 5.08. The lowest BCUT2D eigenvalue weighted by Gasteiger charge is -2.19. The highest BCUT2D eigenvalue weighted by Gasteiger charge is 2.27. The number of aliphatic hydroxyl groups is 1. The van der Waals surface area contributed by atoms with E-state index >= 15 is 0 Å². The maximum atomic E-state index is 11.9. The van der Waals surface area contributed by atoms with Gasteiger partial charge in [-0.3, -0.25) is 0 Å². The molecule has 0 spiro atoms. The van der Waals surface area contributed by atoms with Gasteiger partial charge in [0.2, 0.25) is 0 Å². The van der Waals surface area contributed by atoms with E-state index in [0.717, 1.165) is 19.3 Å². The van der Waals surface area contributed by atoms with Crippen molar-refractivity contribution in [2.45, 2.75) is 63.8 Å². The van der Waals surface area contributed by atoms with Crippen molar-refractivity contribution in [3.05, 3.63) is 0 Å². The van der Waals surface area contributed by atoms with E-state index in [1.807, 2.05) is 6.92 Å². The van der Waals surface area contributed by atoms with Gasteiger partial charge in [-0.2, -0.15) is 13.2 Å². The first-order valence-corrected chi connectivity index (χ1v) is 6.36. The molecule has 1 aliphatic rings. The Labute approximate surface area is 101 Å². The number of halogens is 3. The summed E-state index contributed by atoms with van der Waals surface area (Å²) >= 11 is 0. The lowest BCUT2D eigenvalue weighted by molar-refractivity contribution is -0.135. The number of rotatable bonds is 6. The van der Waals surface area contributed by atoms with Gasteiger partial charge in [-0.1, -0.05) is 6.42 Å². The van der Waals surface area contributed by atoms with E-state index in [2.05, 4.69) is 5.32 Å². The van der Waals surface area contributed by atoms with Crippen molar-refractivity contribution in [3.63, 3.8) is 0 Å². The average molecular weight is 253 g/mol. The molecule has 1 fully saturated rings. The molecule has 0 aliphatic heterocycles. The lowest BCUT2D eigenvalue weighted by Crippen LogP contribution is -2.34. The maximum Gasteiger partial charge on any atom is 0.389 e. The van der Waals surface area contributed by atoms with Gasteiger partial charge in [-0.15, -0.1) is 0 Å². The molecular formula is C12H22F3NO. The zero-order valence-corrected chi connectivity index (χ0v) is 10.3. The summed E-state index contributed by atoms with van der Waals surface area (Å²) in [5.74, 6) is 0.278. The van der Waals surface area contributed by atoms with Gasteiger partial charge in [0.05, 0.1) is 6.10 Å². The Morgan fingerprint density at radius 2 is 2.06 bits per heavy atom. The van der Waals surface area contributed by atoms with Crippen LogP contribution in [0.15, 0.2) is 0 Å². The van der Waals surface area contributed by atoms with Crippen molar-refractivity contribution in [1.82, 2.24) is 5.32 Å².